The molecule has 0 aliphatic heterocycles. The van der Waals surface area contributed by atoms with Gasteiger partial charge in [-0.1, -0.05) is 48.5 Å². The van der Waals surface area contributed by atoms with Crippen LogP contribution < -0.4 is 0 Å². The van der Waals surface area contributed by atoms with Gasteiger partial charge >= 0.3 is 0 Å². The Balaban J connectivity index is 1.63. The Kier molecular flexibility index (Phi) is 8.61. The number of phenolic OH excluding ortho intramolecular Hbond substituents is 4. The van der Waals surface area contributed by atoms with Crippen molar-refractivity contribution in [2.75, 3.05) is 0 Å². The Morgan fingerprint density at radius 1 is 0.325 bits per heavy atom. The lowest BCUT2D eigenvalue weighted by molar-refractivity contribution is 0.469. The summed E-state index contributed by atoms with van der Waals surface area (Å²) < 4.78 is 2.40. The van der Waals surface area contributed by atoms with E-state index in [1.54, 1.807) is 48.5 Å². The molecule has 0 heterocycles. The third-order valence-electron chi connectivity index (χ3n) is 6.82. The van der Waals surface area contributed by atoms with Crippen molar-refractivity contribution in [1.29, 1.82) is 0 Å². The second kappa shape index (κ2) is 12.0. The average Bonchev–Trinajstić information content (AvgIpc) is 2.93. The minimum absolute atomic E-state index is 0.130. The molecule has 0 unspecified atom stereocenters. The highest BCUT2D eigenvalue weighted by Gasteiger charge is 2.23. The van der Waals surface area contributed by atoms with Crippen molar-refractivity contribution in [3.63, 3.8) is 0 Å². The quantitative estimate of drug-likeness (QED) is 0.129. The predicted octanol–water partition coefficient (Wildman–Crippen LogP) is 9.92. The third kappa shape index (κ3) is 5.96. The van der Waals surface area contributed by atoms with Crippen molar-refractivity contribution >= 4 is 63.7 Å². The highest BCUT2D eigenvalue weighted by atomic mass is 79.9. The topological polar surface area (TPSA) is 80.9 Å². The van der Waals surface area contributed by atoms with E-state index >= 15 is 0 Å². The Morgan fingerprint density at radius 3 is 0.725 bits per heavy atom. The SMILES string of the molecule is Oc1cc(C(c2ccc(C(c3ccc(Br)c(O)c3)c3ccc(Br)c(O)c3)cc2)c2ccc(Br)c(O)c2)ccc1Br. The molecule has 0 amide bonds. The summed E-state index contributed by atoms with van der Waals surface area (Å²) in [4.78, 5) is 0. The lowest BCUT2D eigenvalue weighted by Gasteiger charge is -2.23. The van der Waals surface area contributed by atoms with Gasteiger partial charge in [0.25, 0.3) is 0 Å². The standard InChI is InChI=1S/C32H22Br4O4/c33-23-9-5-19(13-27(23)37)31(20-6-10-24(34)28(38)14-20)17-1-2-18(4-3-17)32(21-7-11-25(35)29(39)15-21)22-8-12-26(36)30(40)16-22/h1-16,31-32,37-40H. The monoisotopic (exact) mass is 786 g/mol. The van der Waals surface area contributed by atoms with E-state index in [1.807, 2.05) is 48.5 Å². The summed E-state index contributed by atoms with van der Waals surface area (Å²) in [6.07, 6.45) is 0. The second-order valence-electron chi connectivity index (χ2n) is 9.38. The van der Waals surface area contributed by atoms with Gasteiger partial charge in [-0.15, -0.1) is 0 Å². The molecule has 8 heteroatoms. The van der Waals surface area contributed by atoms with Gasteiger partial charge in [0.05, 0.1) is 17.9 Å². The first-order valence-electron chi connectivity index (χ1n) is 12.2. The zero-order valence-corrected chi connectivity index (χ0v) is 27.0. The van der Waals surface area contributed by atoms with Gasteiger partial charge in [-0.25, -0.2) is 0 Å². The molecule has 5 rings (SSSR count). The van der Waals surface area contributed by atoms with E-state index in [0.29, 0.717) is 17.9 Å². The molecule has 0 fully saturated rings. The maximum atomic E-state index is 10.4. The Bertz CT molecular complexity index is 1470. The predicted molar refractivity (Wildman–Crippen MR) is 172 cm³/mol. The van der Waals surface area contributed by atoms with Gasteiger partial charge in [-0.3, -0.25) is 0 Å². The summed E-state index contributed by atoms with van der Waals surface area (Å²) in [6, 6.07) is 30.0. The number of benzene rings is 5. The molecule has 0 saturated carbocycles. The molecule has 4 nitrogen and oxygen atoms in total. The number of rotatable bonds is 6. The maximum absolute atomic E-state index is 10.4. The van der Waals surface area contributed by atoms with Gasteiger partial charge in [0, 0.05) is 11.8 Å². The lowest BCUT2D eigenvalue weighted by atomic mass is 9.81. The fourth-order valence-electron chi connectivity index (χ4n) is 4.87. The van der Waals surface area contributed by atoms with Gasteiger partial charge in [-0.05, 0) is 146 Å². The molecule has 0 spiro atoms. The number of phenols is 4. The average molecular weight is 790 g/mol. The summed E-state index contributed by atoms with van der Waals surface area (Å²) in [7, 11) is 0. The summed E-state index contributed by atoms with van der Waals surface area (Å²) in [5, 5.41) is 41.8. The van der Waals surface area contributed by atoms with E-state index in [2.05, 4.69) is 63.7 Å². The van der Waals surface area contributed by atoms with Crippen LogP contribution in [0.4, 0.5) is 0 Å². The zero-order valence-electron chi connectivity index (χ0n) is 20.7. The molecule has 40 heavy (non-hydrogen) atoms. The molecule has 0 atom stereocenters. The van der Waals surface area contributed by atoms with E-state index in [4.69, 9.17) is 0 Å². The van der Waals surface area contributed by atoms with Crippen LogP contribution in [-0.2, 0) is 0 Å². The van der Waals surface area contributed by atoms with Crippen LogP contribution in [0.1, 0.15) is 45.2 Å². The van der Waals surface area contributed by atoms with Crippen LogP contribution in [0.2, 0.25) is 0 Å². The molecule has 202 valence electrons. The first-order valence-corrected chi connectivity index (χ1v) is 15.3. The molecule has 0 bridgehead atoms. The van der Waals surface area contributed by atoms with Crippen LogP contribution in [0.5, 0.6) is 23.0 Å². The Hall–Kier alpha value is -2.78. The summed E-state index contributed by atoms with van der Waals surface area (Å²) in [6.45, 7) is 0. The highest BCUT2D eigenvalue weighted by molar-refractivity contribution is 9.11. The number of hydrogen-bond donors (Lipinski definition) is 4. The largest absolute Gasteiger partial charge is 0.507 e. The molecule has 4 N–H and O–H groups in total. The first-order chi connectivity index (χ1) is 19.1. The van der Waals surface area contributed by atoms with Crippen LogP contribution in [0.3, 0.4) is 0 Å². The van der Waals surface area contributed by atoms with Gasteiger partial charge in [-0.2, -0.15) is 0 Å². The van der Waals surface area contributed by atoms with Crippen molar-refractivity contribution in [2.45, 2.75) is 11.8 Å². The molecule has 0 saturated heterocycles. The zero-order chi connectivity index (χ0) is 28.6. The van der Waals surface area contributed by atoms with Crippen LogP contribution in [0.15, 0.2) is 115 Å². The van der Waals surface area contributed by atoms with Crippen molar-refractivity contribution in [2.24, 2.45) is 0 Å². The molecule has 0 aliphatic carbocycles. The maximum Gasteiger partial charge on any atom is 0.130 e. The molecule has 5 aromatic rings. The number of hydrogen-bond acceptors (Lipinski definition) is 4. The van der Waals surface area contributed by atoms with Crippen LogP contribution >= 0.6 is 63.7 Å². The van der Waals surface area contributed by atoms with Crippen LogP contribution in [0.25, 0.3) is 0 Å². The summed E-state index contributed by atoms with van der Waals surface area (Å²) in [5.41, 5.74) is 5.38. The van der Waals surface area contributed by atoms with Gasteiger partial charge in [0.1, 0.15) is 23.0 Å². The lowest BCUT2D eigenvalue weighted by Crippen LogP contribution is -2.06. The van der Waals surface area contributed by atoms with Gasteiger partial charge in [0.2, 0.25) is 0 Å². The summed E-state index contributed by atoms with van der Waals surface area (Å²) >= 11 is 13.5. The summed E-state index contributed by atoms with van der Waals surface area (Å²) in [5.74, 6) is -0.00894. The van der Waals surface area contributed by atoms with Crippen LogP contribution in [-0.4, -0.2) is 20.4 Å². The third-order valence-corrected chi connectivity index (χ3v) is 9.50. The molecule has 0 aliphatic rings. The molecule has 5 aromatic carbocycles. The van der Waals surface area contributed by atoms with Gasteiger partial charge < -0.3 is 20.4 Å². The Labute approximate surface area is 265 Å². The fraction of sp³-hybridized carbons (Fsp3) is 0.0625. The van der Waals surface area contributed by atoms with E-state index < -0.39 is 0 Å². The van der Waals surface area contributed by atoms with Crippen molar-refractivity contribution in [3.8, 4) is 23.0 Å². The highest BCUT2D eigenvalue weighted by Crippen LogP contribution is 2.41. The smallest absolute Gasteiger partial charge is 0.130 e. The van der Waals surface area contributed by atoms with E-state index in [0.717, 1.165) is 33.4 Å². The van der Waals surface area contributed by atoms with E-state index in [9.17, 15) is 20.4 Å². The van der Waals surface area contributed by atoms with E-state index in [1.165, 1.54) is 0 Å². The van der Waals surface area contributed by atoms with E-state index in [-0.39, 0.29) is 34.8 Å². The number of aromatic hydroxyl groups is 4. The van der Waals surface area contributed by atoms with Crippen molar-refractivity contribution in [1.82, 2.24) is 0 Å². The fourth-order valence-corrected chi connectivity index (χ4v) is 5.86. The first kappa shape index (κ1) is 28.7. The minimum Gasteiger partial charge on any atom is -0.507 e. The minimum atomic E-state index is -0.265. The van der Waals surface area contributed by atoms with Crippen molar-refractivity contribution < 1.29 is 20.4 Å². The molecular weight excluding hydrogens is 768 g/mol. The molecule has 0 aromatic heterocycles. The molecular formula is C32H22Br4O4. The van der Waals surface area contributed by atoms with Gasteiger partial charge in [0.15, 0.2) is 0 Å². The van der Waals surface area contributed by atoms with Crippen molar-refractivity contribution in [3.05, 3.63) is 148 Å². The van der Waals surface area contributed by atoms with Crippen LogP contribution in [0, 0.1) is 0 Å². The normalized spacial score (nSPS) is 11.3. The molecule has 0 radical (unpaired) electrons. The number of halogens is 4. The second-order valence-corrected chi connectivity index (χ2v) is 12.8. The Morgan fingerprint density at radius 2 is 0.525 bits per heavy atom.